The zero-order chi connectivity index (χ0) is 21.6. The van der Waals surface area contributed by atoms with Gasteiger partial charge in [-0.05, 0) is 30.8 Å². The van der Waals surface area contributed by atoms with E-state index in [4.69, 9.17) is 27.9 Å². The molecule has 1 aromatic rings. The van der Waals surface area contributed by atoms with Gasteiger partial charge in [-0.1, -0.05) is 26.0 Å². The van der Waals surface area contributed by atoms with E-state index in [9.17, 15) is 9.59 Å². The lowest BCUT2D eigenvalue weighted by Gasteiger charge is -2.23. The fourth-order valence-corrected chi connectivity index (χ4v) is 3.42. The molecule has 9 heteroatoms. The van der Waals surface area contributed by atoms with Crippen LogP contribution in [-0.4, -0.2) is 73.9 Å². The fourth-order valence-electron chi connectivity index (χ4n) is 3.01. The van der Waals surface area contributed by atoms with E-state index in [1.165, 1.54) is 6.92 Å². The van der Waals surface area contributed by atoms with Gasteiger partial charge in [0.05, 0.1) is 0 Å². The van der Waals surface area contributed by atoms with Crippen molar-refractivity contribution in [2.24, 2.45) is 0 Å². The van der Waals surface area contributed by atoms with Crippen LogP contribution < -0.4 is 10.2 Å². The highest BCUT2D eigenvalue weighted by atomic mass is 79.9. The van der Waals surface area contributed by atoms with Crippen molar-refractivity contribution in [2.45, 2.75) is 33.2 Å². The van der Waals surface area contributed by atoms with E-state index in [2.05, 4.69) is 29.0 Å². The quantitative estimate of drug-likeness (QED) is 0.297. The van der Waals surface area contributed by atoms with Crippen LogP contribution in [0.15, 0.2) is 24.3 Å². The number of hydrogen-bond donors (Lipinski definition) is 1. The molecule has 1 N–H and O–H groups in total. The first-order valence-corrected chi connectivity index (χ1v) is 11.1. The summed E-state index contributed by atoms with van der Waals surface area (Å²) in [4.78, 5) is 28.3. The Morgan fingerprint density at radius 2 is 1.60 bits per heavy atom. The maximum Gasteiger partial charge on any atom is 0.329 e. The van der Waals surface area contributed by atoms with E-state index >= 15 is 0 Å². The van der Waals surface area contributed by atoms with Gasteiger partial charge >= 0.3 is 5.97 Å². The number of likely N-dealkylation sites (N-methyl/N-ethyl adjacent to an activating group) is 1. The van der Waals surface area contributed by atoms with E-state index in [-0.39, 0.29) is 22.9 Å². The number of ether oxygens (including phenoxy) is 1. The van der Waals surface area contributed by atoms with Gasteiger partial charge in [0.25, 0.3) is 0 Å². The van der Waals surface area contributed by atoms with Crippen LogP contribution >= 0.6 is 40.2 Å². The number of nitrogens with one attached hydrogen (secondary N) is 1. The van der Waals surface area contributed by atoms with Crippen molar-refractivity contribution >= 4 is 57.7 Å². The van der Waals surface area contributed by atoms with E-state index in [1.54, 1.807) is 0 Å². The smallest absolute Gasteiger partial charge is 0.329 e. The number of halogens is 3. The Bertz CT molecular complexity index is 610. The first kappa shape index (κ1) is 29.0. The van der Waals surface area contributed by atoms with Crippen LogP contribution in [-0.2, 0) is 20.7 Å². The highest BCUT2D eigenvalue weighted by molar-refractivity contribution is 8.93. The molecule has 0 radical (unpaired) electrons. The normalized spacial score (nSPS) is 11.5. The minimum absolute atomic E-state index is 0. The number of anilines is 1. The summed E-state index contributed by atoms with van der Waals surface area (Å²) >= 11 is 11.7. The Morgan fingerprint density at radius 1 is 1.03 bits per heavy atom. The van der Waals surface area contributed by atoms with Gasteiger partial charge in [0.15, 0.2) is 0 Å². The fraction of sp³-hybridized carbons (Fsp3) is 0.619. The molecule has 0 aromatic heterocycles. The molecule has 172 valence electrons. The zero-order valence-electron chi connectivity index (χ0n) is 18.0. The second kappa shape index (κ2) is 16.6. The van der Waals surface area contributed by atoms with Gasteiger partial charge in [0, 0.05) is 50.4 Å². The van der Waals surface area contributed by atoms with Crippen LogP contribution in [0, 0.1) is 0 Å². The summed E-state index contributed by atoms with van der Waals surface area (Å²) in [6, 6.07) is 7.14. The van der Waals surface area contributed by atoms with E-state index in [1.807, 2.05) is 24.3 Å². The SMILES string of the molecule is Br.CCN(CC)CCOC(=O)[C@H](Cc1ccc(N(CCCl)CCCl)cc1)NC(C)=O. The van der Waals surface area contributed by atoms with Crippen molar-refractivity contribution in [1.29, 1.82) is 0 Å². The summed E-state index contributed by atoms with van der Waals surface area (Å²) in [6.45, 7) is 9.74. The van der Waals surface area contributed by atoms with Crippen molar-refractivity contribution in [3.8, 4) is 0 Å². The number of carbonyl (C=O) groups excluding carboxylic acids is 2. The van der Waals surface area contributed by atoms with Crippen LogP contribution in [0.1, 0.15) is 26.3 Å². The summed E-state index contributed by atoms with van der Waals surface area (Å²) in [6.07, 6.45) is 0.370. The topological polar surface area (TPSA) is 61.9 Å². The second-order valence-corrected chi connectivity index (χ2v) is 7.44. The largest absolute Gasteiger partial charge is 0.463 e. The number of benzene rings is 1. The molecule has 0 bridgehead atoms. The Kier molecular flexibility index (Phi) is 16.1. The molecule has 0 fully saturated rings. The molecule has 6 nitrogen and oxygen atoms in total. The highest BCUT2D eigenvalue weighted by Gasteiger charge is 2.22. The minimum atomic E-state index is -0.711. The molecule has 0 heterocycles. The molecule has 0 unspecified atom stereocenters. The van der Waals surface area contributed by atoms with Gasteiger partial charge in [-0.2, -0.15) is 0 Å². The van der Waals surface area contributed by atoms with Crippen molar-refractivity contribution in [1.82, 2.24) is 10.2 Å². The number of esters is 1. The van der Waals surface area contributed by atoms with Crippen LogP contribution in [0.3, 0.4) is 0 Å². The van der Waals surface area contributed by atoms with Gasteiger partial charge < -0.3 is 19.9 Å². The third-order valence-corrected chi connectivity index (χ3v) is 5.00. The number of hydrogen-bond acceptors (Lipinski definition) is 5. The molecule has 0 spiro atoms. The number of amides is 1. The lowest BCUT2D eigenvalue weighted by molar-refractivity contribution is -0.148. The summed E-state index contributed by atoms with van der Waals surface area (Å²) in [5.41, 5.74) is 1.96. The van der Waals surface area contributed by atoms with Crippen LogP contribution in [0.25, 0.3) is 0 Å². The van der Waals surface area contributed by atoms with Crippen LogP contribution in [0.4, 0.5) is 5.69 Å². The highest BCUT2D eigenvalue weighted by Crippen LogP contribution is 2.17. The first-order valence-electron chi connectivity index (χ1n) is 10.1. The molecular weight excluding hydrogens is 493 g/mol. The van der Waals surface area contributed by atoms with Gasteiger partial charge in [0.1, 0.15) is 12.6 Å². The Morgan fingerprint density at radius 3 is 2.07 bits per heavy atom. The molecule has 1 aromatic carbocycles. The maximum atomic E-state index is 12.5. The summed E-state index contributed by atoms with van der Waals surface area (Å²) in [5, 5.41) is 2.70. The van der Waals surface area contributed by atoms with E-state index in [0.717, 1.165) is 24.3 Å². The molecule has 1 amide bonds. The van der Waals surface area contributed by atoms with Crippen molar-refractivity contribution < 1.29 is 14.3 Å². The van der Waals surface area contributed by atoms with Gasteiger partial charge in [-0.15, -0.1) is 40.2 Å². The lowest BCUT2D eigenvalue weighted by Crippen LogP contribution is -2.43. The standard InChI is InChI=1S/C21H33Cl2N3O3.BrH/c1-4-25(5-2)14-15-29-21(28)20(24-17(3)27)16-18-6-8-19(9-7-18)26(12-10-22)13-11-23;/h6-9,20H,4-5,10-16H2,1-3H3,(H,24,27);1H/t20-;/m0./s1. The lowest BCUT2D eigenvalue weighted by atomic mass is 10.1. The van der Waals surface area contributed by atoms with Crippen LogP contribution in [0.5, 0.6) is 0 Å². The van der Waals surface area contributed by atoms with E-state index < -0.39 is 12.0 Å². The zero-order valence-corrected chi connectivity index (χ0v) is 21.3. The maximum absolute atomic E-state index is 12.5. The summed E-state index contributed by atoms with van der Waals surface area (Å²) in [7, 11) is 0. The number of carbonyl (C=O) groups is 2. The second-order valence-electron chi connectivity index (χ2n) is 6.68. The molecule has 0 aliphatic heterocycles. The number of alkyl halides is 2. The predicted molar refractivity (Wildman–Crippen MR) is 130 cm³/mol. The molecular formula is C21H34BrCl2N3O3. The summed E-state index contributed by atoms with van der Waals surface area (Å²) < 4.78 is 5.40. The van der Waals surface area contributed by atoms with Crippen molar-refractivity contribution in [3.05, 3.63) is 29.8 Å². The molecule has 1 atom stereocenters. The van der Waals surface area contributed by atoms with Crippen LogP contribution in [0.2, 0.25) is 0 Å². The van der Waals surface area contributed by atoms with Crippen molar-refractivity contribution in [3.63, 3.8) is 0 Å². The molecule has 0 saturated heterocycles. The van der Waals surface area contributed by atoms with Gasteiger partial charge in [-0.3, -0.25) is 4.79 Å². The molecule has 30 heavy (non-hydrogen) atoms. The third kappa shape index (κ3) is 10.8. The monoisotopic (exact) mass is 525 g/mol. The van der Waals surface area contributed by atoms with E-state index in [0.29, 0.717) is 44.4 Å². The average Bonchev–Trinajstić information content (AvgIpc) is 2.70. The first-order chi connectivity index (χ1) is 13.9. The average molecular weight is 527 g/mol. The Hall–Kier alpha value is -1.02. The van der Waals surface area contributed by atoms with Gasteiger partial charge in [0.2, 0.25) is 5.91 Å². The molecule has 0 saturated carbocycles. The Labute approximate surface area is 201 Å². The molecule has 1 rings (SSSR count). The number of rotatable bonds is 14. The molecule has 0 aliphatic rings. The van der Waals surface area contributed by atoms with Crippen molar-refractivity contribution in [2.75, 3.05) is 56.0 Å². The third-order valence-electron chi connectivity index (χ3n) is 4.66. The van der Waals surface area contributed by atoms with Gasteiger partial charge in [-0.25, -0.2) is 4.79 Å². The Balaban J connectivity index is 0.00000841. The number of nitrogens with zero attached hydrogens (tertiary/aromatic N) is 2. The molecule has 0 aliphatic carbocycles. The summed E-state index contributed by atoms with van der Waals surface area (Å²) in [5.74, 6) is 0.357. The predicted octanol–water partition coefficient (Wildman–Crippen LogP) is 3.48. The minimum Gasteiger partial charge on any atom is -0.463 e.